The third kappa shape index (κ3) is 6.44. The van der Waals surface area contributed by atoms with E-state index in [2.05, 4.69) is 13.8 Å². The van der Waals surface area contributed by atoms with Crippen molar-refractivity contribution in [3.63, 3.8) is 0 Å². The second-order valence-corrected chi connectivity index (χ2v) is 5.73. The average Bonchev–Trinajstić information content (AvgIpc) is 2.55. The van der Waals surface area contributed by atoms with Gasteiger partial charge in [-0.25, -0.2) is 4.79 Å². The lowest BCUT2D eigenvalue weighted by molar-refractivity contribution is -0.139. The van der Waals surface area contributed by atoms with E-state index in [1.165, 1.54) is 12.8 Å². The number of esters is 1. The van der Waals surface area contributed by atoms with E-state index in [0.29, 0.717) is 12.5 Å². The molecule has 0 radical (unpaired) electrons. The van der Waals surface area contributed by atoms with Crippen molar-refractivity contribution in [2.24, 2.45) is 5.92 Å². The van der Waals surface area contributed by atoms with Crippen LogP contribution in [0.15, 0.2) is 30.3 Å². The molecule has 1 atom stereocenters. The van der Waals surface area contributed by atoms with Gasteiger partial charge < -0.3 is 9.84 Å². The highest BCUT2D eigenvalue weighted by molar-refractivity contribution is 5.90. The largest absolute Gasteiger partial charge is 0.462 e. The molecule has 1 unspecified atom stereocenters. The Bertz CT molecular complexity index is 474. The number of allylic oxidation sites excluding steroid dienone is 1. The lowest BCUT2D eigenvalue weighted by atomic mass is 10.0. The maximum Gasteiger partial charge on any atom is 0.331 e. The second kappa shape index (κ2) is 10.2. The molecular formula is C19H28O3. The Balaban J connectivity index is 2.53. The first-order valence-electron chi connectivity index (χ1n) is 8.15. The number of hydrogen-bond donors (Lipinski definition) is 1. The molecule has 1 N–H and O–H groups in total. The van der Waals surface area contributed by atoms with E-state index in [9.17, 15) is 4.79 Å². The fourth-order valence-corrected chi connectivity index (χ4v) is 2.27. The molecule has 0 aliphatic heterocycles. The maximum atomic E-state index is 11.9. The molecule has 0 aliphatic rings. The first-order chi connectivity index (χ1) is 10.6. The molecule has 1 aromatic carbocycles. The highest BCUT2D eigenvalue weighted by Crippen LogP contribution is 2.16. The van der Waals surface area contributed by atoms with E-state index in [1.54, 1.807) is 6.08 Å². The zero-order valence-electron chi connectivity index (χ0n) is 14.0. The number of ether oxygens (including phenoxy) is 1. The molecule has 0 heterocycles. The number of aliphatic hydroxyl groups is 1. The third-order valence-electron chi connectivity index (χ3n) is 3.93. The third-order valence-corrected chi connectivity index (χ3v) is 3.93. The van der Waals surface area contributed by atoms with Gasteiger partial charge in [-0.05, 0) is 36.0 Å². The molecule has 3 heteroatoms. The first kappa shape index (κ1) is 18.4. The molecule has 0 saturated carbocycles. The van der Waals surface area contributed by atoms with Crippen LogP contribution in [0.1, 0.15) is 57.6 Å². The quantitative estimate of drug-likeness (QED) is 0.545. The summed E-state index contributed by atoms with van der Waals surface area (Å²) in [7, 11) is 0. The summed E-state index contributed by atoms with van der Waals surface area (Å²) < 4.78 is 5.37. The summed E-state index contributed by atoms with van der Waals surface area (Å²) in [6.07, 6.45) is 6.06. The van der Waals surface area contributed by atoms with Crippen LogP contribution >= 0.6 is 0 Å². The fourth-order valence-electron chi connectivity index (χ4n) is 2.27. The summed E-state index contributed by atoms with van der Waals surface area (Å²) in [5.41, 5.74) is 2.70. The van der Waals surface area contributed by atoms with E-state index in [4.69, 9.17) is 9.84 Å². The fraction of sp³-hybridized carbons (Fsp3) is 0.526. The van der Waals surface area contributed by atoms with E-state index in [-0.39, 0.29) is 12.6 Å². The molecule has 0 bridgehead atoms. The summed E-state index contributed by atoms with van der Waals surface area (Å²) in [5, 5.41) is 9.03. The van der Waals surface area contributed by atoms with Gasteiger partial charge in [-0.1, -0.05) is 57.4 Å². The summed E-state index contributed by atoms with van der Waals surface area (Å²) in [6.45, 7) is 6.73. The van der Waals surface area contributed by atoms with Crippen molar-refractivity contribution in [3.8, 4) is 0 Å². The minimum Gasteiger partial charge on any atom is -0.462 e. The topological polar surface area (TPSA) is 46.5 Å². The van der Waals surface area contributed by atoms with Crippen molar-refractivity contribution >= 4 is 11.5 Å². The van der Waals surface area contributed by atoms with Gasteiger partial charge in [-0.15, -0.1) is 0 Å². The van der Waals surface area contributed by atoms with Crippen molar-refractivity contribution in [2.45, 2.75) is 53.1 Å². The molecule has 3 nitrogen and oxygen atoms in total. The minimum absolute atomic E-state index is 0.0290. The molecule has 1 rings (SSSR count). The number of rotatable bonds is 9. The first-order valence-corrected chi connectivity index (χ1v) is 8.15. The number of carbonyl (C=O) groups is 1. The van der Waals surface area contributed by atoms with Gasteiger partial charge in [0.25, 0.3) is 0 Å². The maximum absolute atomic E-state index is 11.9. The molecule has 122 valence electrons. The van der Waals surface area contributed by atoms with Crippen molar-refractivity contribution in [1.29, 1.82) is 0 Å². The van der Waals surface area contributed by atoms with Crippen LogP contribution in [0.4, 0.5) is 0 Å². The molecule has 0 saturated heterocycles. The van der Waals surface area contributed by atoms with Gasteiger partial charge in [-0.2, -0.15) is 0 Å². The number of carbonyl (C=O) groups excluding carboxylic acids is 1. The second-order valence-electron chi connectivity index (χ2n) is 5.73. The molecule has 0 aromatic heterocycles. The smallest absolute Gasteiger partial charge is 0.331 e. The van der Waals surface area contributed by atoms with Crippen LogP contribution in [0.2, 0.25) is 0 Å². The van der Waals surface area contributed by atoms with Gasteiger partial charge in [0.2, 0.25) is 0 Å². The van der Waals surface area contributed by atoms with Gasteiger partial charge in [0, 0.05) is 6.08 Å². The monoisotopic (exact) mass is 304 g/mol. The molecular weight excluding hydrogens is 276 g/mol. The van der Waals surface area contributed by atoms with E-state index < -0.39 is 0 Å². The normalized spacial score (nSPS) is 13.0. The van der Waals surface area contributed by atoms with Crippen LogP contribution in [0, 0.1) is 5.92 Å². The predicted molar refractivity (Wildman–Crippen MR) is 90.3 cm³/mol. The Labute approximate surface area is 134 Å². The number of aliphatic hydroxyl groups excluding tert-OH is 1. The summed E-state index contributed by atoms with van der Waals surface area (Å²) >= 11 is 0. The van der Waals surface area contributed by atoms with Crippen molar-refractivity contribution < 1.29 is 14.6 Å². The van der Waals surface area contributed by atoms with Crippen LogP contribution < -0.4 is 0 Å². The molecule has 0 spiro atoms. The Hall–Kier alpha value is -1.61. The minimum atomic E-state index is -0.279. The molecule has 22 heavy (non-hydrogen) atoms. The Morgan fingerprint density at radius 1 is 1.27 bits per heavy atom. The summed E-state index contributed by atoms with van der Waals surface area (Å²) in [6, 6.07) is 7.52. The van der Waals surface area contributed by atoms with Crippen LogP contribution in [-0.4, -0.2) is 17.7 Å². The van der Waals surface area contributed by atoms with Crippen LogP contribution in [0.25, 0.3) is 5.57 Å². The van der Waals surface area contributed by atoms with Crippen molar-refractivity contribution in [1.82, 2.24) is 0 Å². The van der Waals surface area contributed by atoms with Gasteiger partial charge in [-0.3, -0.25) is 0 Å². The zero-order valence-corrected chi connectivity index (χ0v) is 14.0. The van der Waals surface area contributed by atoms with Gasteiger partial charge in [0.15, 0.2) is 0 Å². The van der Waals surface area contributed by atoms with E-state index >= 15 is 0 Å². The molecule has 0 aliphatic carbocycles. The standard InChI is InChI=1S/C19H28O3/c1-4-6-7-16(5-2)14-22-19(21)12-15(3)18-10-8-17(13-20)9-11-18/h8-12,16,20H,4-7,13-14H2,1-3H3/b15-12+. The molecule has 0 amide bonds. The highest BCUT2D eigenvalue weighted by atomic mass is 16.5. The Kier molecular flexibility index (Phi) is 8.53. The Morgan fingerprint density at radius 2 is 1.95 bits per heavy atom. The van der Waals surface area contributed by atoms with Gasteiger partial charge in [0.05, 0.1) is 13.2 Å². The lowest BCUT2D eigenvalue weighted by Gasteiger charge is -2.14. The lowest BCUT2D eigenvalue weighted by Crippen LogP contribution is -2.12. The molecule has 1 aromatic rings. The van der Waals surface area contributed by atoms with Crippen molar-refractivity contribution in [2.75, 3.05) is 6.61 Å². The van der Waals surface area contributed by atoms with Crippen LogP contribution in [0.5, 0.6) is 0 Å². The van der Waals surface area contributed by atoms with Crippen LogP contribution in [-0.2, 0) is 16.1 Å². The highest BCUT2D eigenvalue weighted by Gasteiger charge is 2.09. The van der Waals surface area contributed by atoms with E-state index in [1.807, 2.05) is 31.2 Å². The number of benzene rings is 1. The average molecular weight is 304 g/mol. The predicted octanol–water partition coefficient (Wildman–Crippen LogP) is 4.34. The van der Waals surface area contributed by atoms with Gasteiger partial charge in [0.1, 0.15) is 0 Å². The van der Waals surface area contributed by atoms with E-state index in [0.717, 1.165) is 29.5 Å². The van der Waals surface area contributed by atoms with Gasteiger partial charge >= 0.3 is 5.97 Å². The van der Waals surface area contributed by atoms with Crippen molar-refractivity contribution in [3.05, 3.63) is 41.5 Å². The van der Waals surface area contributed by atoms with Crippen LogP contribution in [0.3, 0.4) is 0 Å². The SMILES string of the molecule is CCCCC(CC)COC(=O)/C=C(\C)c1ccc(CO)cc1. The number of hydrogen-bond acceptors (Lipinski definition) is 3. The summed E-state index contributed by atoms with van der Waals surface area (Å²) in [5.74, 6) is 0.181. The number of unbranched alkanes of at least 4 members (excludes halogenated alkanes) is 1. The Morgan fingerprint density at radius 3 is 2.50 bits per heavy atom. The molecule has 0 fully saturated rings. The zero-order chi connectivity index (χ0) is 16.4. The summed E-state index contributed by atoms with van der Waals surface area (Å²) in [4.78, 5) is 11.9.